The number of alkyl halides is 3. The third-order valence-electron chi connectivity index (χ3n) is 3.08. The summed E-state index contributed by atoms with van der Waals surface area (Å²) in [6.45, 7) is 3.66. The molecule has 0 spiro atoms. The minimum absolute atomic E-state index is 0.0743. The second-order valence-electron chi connectivity index (χ2n) is 5.19. The molecule has 0 aliphatic heterocycles. The van der Waals surface area contributed by atoms with Gasteiger partial charge in [0.25, 0.3) is 0 Å². The van der Waals surface area contributed by atoms with Gasteiger partial charge in [-0.15, -0.1) is 0 Å². The van der Waals surface area contributed by atoms with Crippen molar-refractivity contribution in [2.24, 2.45) is 0 Å². The van der Waals surface area contributed by atoms with Gasteiger partial charge in [0.05, 0.1) is 6.61 Å². The van der Waals surface area contributed by atoms with Gasteiger partial charge in [-0.25, -0.2) is 4.79 Å². The smallest absolute Gasteiger partial charge is 0.377 e. The van der Waals surface area contributed by atoms with Crippen molar-refractivity contribution in [1.29, 1.82) is 0 Å². The summed E-state index contributed by atoms with van der Waals surface area (Å²) >= 11 is 1.82. The van der Waals surface area contributed by atoms with Crippen molar-refractivity contribution < 1.29 is 23.1 Å². The minimum atomic E-state index is -3.51. The van der Waals surface area contributed by atoms with Crippen molar-refractivity contribution >= 4 is 34.5 Å². The van der Waals surface area contributed by atoms with Gasteiger partial charge in [-0.05, 0) is 13.3 Å². The van der Waals surface area contributed by atoms with E-state index in [9.17, 15) is 18.4 Å². The number of hydrogen-bond acceptors (Lipinski definition) is 3. The lowest BCUT2D eigenvalue weighted by Gasteiger charge is -2.18. The number of halogens is 3. The van der Waals surface area contributed by atoms with Gasteiger partial charge in [-0.1, -0.05) is 55.2 Å². The van der Waals surface area contributed by atoms with E-state index in [0.717, 1.165) is 25.7 Å². The summed E-state index contributed by atoms with van der Waals surface area (Å²) in [5.74, 6) is -5.14. The summed E-state index contributed by atoms with van der Waals surface area (Å²) in [7, 11) is 0. The van der Waals surface area contributed by atoms with Gasteiger partial charge >= 0.3 is 11.9 Å². The molecule has 0 bridgehead atoms. The standard InChI is InChI=1S/C15H26F2INO3/c1-3-5-6-7-8-9-13(20)19-11-12(18)10-15(16,17)14(21)22-4-2/h12H,3-11H2,1-2H3,(H,19,20). The lowest BCUT2D eigenvalue weighted by Crippen LogP contribution is -2.37. The zero-order valence-corrected chi connectivity index (χ0v) is 15.5. The second kappa shape index (κ2) is 12.0. The third kappa shape index (κ3) is 10.3. The highest BCUT2D eigenvalue weighted by Crippen LogP contribution is 2.25. The fourth-order valence-corrected chi connectivity index (χ4v) is 2.65. The Hall–Kier alpha value is -0.470. The molecule has 1 atom stereocenters. The molecule has 0 aliphatic rings. The van der Waals surface area contributed by atoms with Crippen LogP contribution in [0.2, 0.25) is 0 Å². The Balaban J connectivity index is 3.90. The summed E-state index contributed by atoms with van der Waals surface area (Å²) < 4.78 is 30.8. The second-order valence-corrected chi connectivity index (χ2v) is 6.96. The maximum atomic E-state index is 13.5. The molecule has 0 heterocycles. The highest BCUT2D eigenvalue weighted by Gasteiger charge is 2.42. The molecule has 1 amide bonds. The molecule has 7 heteroatoms. The van der Waals surface area contributed by atoms with Crippen LogP contribution < -0.4 is 5.32 Å². The zero-order chi connectivity index (χ0) is 17.0. The highest BCUT2D eigenvalue weighted by molar-refractivity contribution is 14.1. The topological polar surface area (TPSA) is 55.4 Å². The monoisotopic (exact) mass is 433 g/mol. The number of hydrogen-bond donors (Lipinski definition) is 1. The van der Waals surface area contributed by atoms with Gasteiger partial charge in [0.1, 0.15) is 0 Å². The summed E-state index contributed by atoms with van der Waals surface area (Å²) in [5, 5.41) is 2.63. The Kier molecular flexibility index (Phi) is 11.8. The van der Waals surface area contributed by atoms with Crippen LogP contribution in [-0.4, -0.2) is 34.9 Å². The molecule has 0 radical (unpaired) electrons. The Labute approximate surface area is 144 Å². The summed E-state index contributed by atoms with van der Waals surface area (Å²) in [6.07, 6.45) is 5.04. The average Bonchev–Trinajstić information content (AvgIpc) is 2.44. The predicted molar refractivity (Wildman–Crippen MR) is 90.4 cm³/mol. The maximum Gasteiger partial charge on any atom is 0.377 e. The van der Waals surface area contributed by atoms with Crippen molar-refractivity contribution in [3.05, 3.63) is 0 Å². The number of carbonyl (C=O) groups is 2. The fraction of sp³-hybridized carbons (Fsp3) is 0.867. The van der Waals surface area contributed by atoms with Crippen molar-refractivity contribution in [2.75, 3.05) is 13.2 Å². The first-order chi connectivity index (χ1) is 10.3. The van der Waals surface area contributed by atoms with Crippen molar-refractivity contribution in [3.8, 4) is 0 Å². The largest absolute Gasteiger partial charge is 0.462 e. The maximum absolute atomic E-state index is 13.5. The van der Waals surface area contributed by atoms with Crippen LogP contribution in [0, 0.1) is 0 Å². The van der Waals surface area contributed by atoms with Gasteiger partial charge < -0.3 is 10.1 Å². The molecular formula is C15H26F2INO3. The van der Waals surface area contributed by atoms with Crippen LogP contribution >= 0.6 is 22.6 Å². The van der Waals surface area contributed by atoms with Crippen LogP contribution in [0.5, 0.6) is 0 Å². The number of nitrogens with one attached hydrogen (secondary N) is 1. The van der Waals surface area contributed by atoms with E-state index in [2.05, 4.69) is 17.0 Å². The Morgan fingerprint density at radius 2 is 1.82 bits per heavy atom. The van der Waals surface area contributed by atoms with Crippen molar-refractivity contribution in [2.45, 2.75) is 68.6 Å². The van der Waals surface area contributed by atoms with Gasteiger partial charge in [0.2, 0.25) is 5.91 Å². The molecule has 0 saturated heterocycles. The number of ether oxygens (including phenoxy) is 1. The van der Waals surface area contributed by atoms with Crippen LogP contribution in [0.4, 0.5) is 8.78 Å². The van der Waals surface area contributed by atoms with Gasteiger partial charge in [-0.2, -0.15) is 8.78 Å². The quantitative estimate of drug-likeness (QED) is 0.220. The molecule has 0 aromatic carbocycles. The van der Waals surface area contributed by atoms with Crippen molar-refractivity contribution in [1.82, 2.24) is 5.32 Å². The molecule has 130 valence electrons. The Morgan fingerprint density at radius 1 is 1.18 bits per heavy atom. The molecule has 0 rings (SSSR count). The lowest BCUT2D eigenvalue weighted by atomic mass is 10.1. The zero-order valence-electron chi connectivity index (χ0n) is 13.3. The SMILES string of the molecule is CCCCCCCC(=O)NCC(I)CC(F)(F)C(=O)OCC. The number of unbranched alkanes of at least 4 members (excludes halogenated alkanes) is 4. The molecule has 0 fully saturated rings. The third-order valence-corrected chi connectivity index (χ3v) is 3.96. The molecule has 0 aromatic rings. The van der Waals surface area contributed by atoms with E-state index in [4.69, 9.17) is 0 Å². The number of rotatable bonds is 12. The minimum Gasteiger partial charge on any atom is -0.462 e. The van der Waals surface area contributed by atoms with E-state index < -0.39 is 22.2 Å². The highest BCUT2D eigenvalue weighted by atomic mass is 127. The number of amides is 1. The Morgan fingerprint density at radius 3 is 2.41 bits per heavy atom. The van der Waals surface area contributed by atoms with E-state index in [-0.39, 0.29) is 19.1 Å². The van der Waals surface area contributed by atoms with Crippen LogP contribution in [0.3, 0.4) is 0 Å². The molecular weight excluding hydrogens is 407 g/mol. The van der Waals surface area contributed by atoms with Gasteiger partial charge in [0, 0.05) is 23.3 Å². The Bertz CT molecular complexity index is 341. The number of esters is 1. The van der Waals surface area contributed by atoms with E-state index in [1.807, 2.05) is 22.6 Å². The molecule has 1 N–H and O–H groups in total. The van der Waals surface area contributed by atoms with Crippen LogP contribution in [0.1, 0.15) is 58.8 Å². The number of carbonyl (C=O) groups excluding carboxylic acids is 2. The molecule has 0 saturated carbocycles. The van der Waals surface area contributed by atoms with E-state index >= 15 is 0 Å². The first-order valence-electron chi connectivity index (χ1n) is 7.79. The predicted octanol–water partition coefficient (Wildman–Crippen LogP) is 3.86. The van der Waals surface area contributed by atoms with Crippen LogP contribution in [0.25, 0.3) is 0 Å². The lowest BCUT2D eigenvalue weighted by molar-refractivity contribution is -0.172. The molecule has 0 aromatic heterocycles. The molecule has 4 nitrogen and oxygen atoms in total. The molecule has 0 aliphatic carbocycles. The van der Waals surface area contributed by atoms with Crippen LogP contribution in [0.15, 0.2) is 0 Å². The van der Waals surface area contributed by atoms with Crippen LogP contribution in [-0.2, 0) is 14.3 Å². The van der Waals surface area contributed by atoms with E-state index in [0.29, 0.717) is 6.42 Å². The van der Waals surface area contributed by atoms with Crippen molar-refractivity contribution in [3.63, 3.8) is 0 Å². The first kappa shape index (κ1) is 21.5. The first-order valence-corrected chi connectivity index (χ1v) is 9.03. The average molecular weight is 433 g/mol. The normalized spacial score (nSPS) is 12.8. The van der Waals surface area contributed by atoms with E-state index in [1.165, 1.54) is 13.3 Å². The van der Waals surface area contributed by atoms with Gasteiger partial charge in [-0.3, -0.25) is 4.79 Å². The van der Waals surface area contributed by atoms with Gasteiger partial charge in [0.15, 0.2) is 0 Å². The molecule has 22 heavy (non-hydrogen) atoms. The fourth-order valence-electron chi connectivity index (χ4n) is 1.87. The molecule has 1 unspecified atom stereocenters. The van der Waals surface area contributed by atoms with E-state index in [1.54, 1.807) is 0 Å². The summed E-state index contributed by atoms with van der Waals surface area (Å²) in [5.41, 5.74) is 0. The summed E-state index contributed by atoms with van der Waals surface area (Å²) in [6, 6.07) is 0. The summed E-state index contributed by atoms with van der Waals surface area (Å²) in [4.78, 5) is 22.7.